The van der Waals surface area contributed by atoms with E-state index < -0.39 is 6.10 Å². The van der Waals surface area contributed by atoms with E-state index in [0.29, 0.717) is 50.8 Å². The van der Waals surface area contributed by atoms with Gasteiger partial charge in [-0.15, -0.1) is 0 Å². The van der Waals surface area contributed by atoms with Crippen molar-refractivity contribution in [1.82, 2.24) is 24.2 Å². The van der Waals surface area contributed by atoms with Crippen LogP contribution in [0.1, 0.15) is 28.8 Å². The number of hydrogen-bond acceptors (Lipinski definition) is 7. The summed E-state index contributed by atoms with van der Waals surface area (Å²) in [5.41, 5.74) is 5.55. The first-order valence-electron chi connectivity index (χ1n) is 13.9. The van der Waals surface area contributed by atoms with E-state index in [1.165, 1.54) is 0 Å². The predicted octanol–water partition coefficient (Wildman–Crippen LogP) is 3.91. The molecule has 0 radical (unpaired) electrons. The van der Waals surface area contributed by atoms with Crippen molar-refractivity contribution in [3.63, 3.8) is 0 Å². The molecular formula is C30H33N7O4. The Hall–Kier alpha value is -4.48. The fourth-order valence-corrected chi connectivity index (χ4v) is 5.37. The number of ether oxygens (including phenoxy) is 1. The van der Waals surface area contributed by atoms with Crippen molar-refractivity contribution < 1.29 is 19.4 Å². The van der Waals surface area contributed by atoms with E-state index in [4.69, 9.17) is 4.74 Å². The number of amides is 3. The average molecular weight is 556 g/mol. The monoisotopic (exact) mass is 555 g/mol. The largest absolute Gasteiger partial charge is 0.391 e. The number of carbonyl (C=O) groups excluding carboxylic acids is 2. The van der Waals surface area contributed by atoms with Gasteiger partial charge in [-0.05, 0) is 55.2 Å². The van der Waals surface area contributed by atoms with E-state index in [1.54, 1.807) is 34.3 Å². The number of nitrogens with one attached hydrogen (secondary N) is 2. The molecule has 3 amide bonds. The molecule has 0 spiro atoms. The number of aliphatic hydroxyl groups excluding tert-OH is 1. The number of piperidine rings is 1. The first kappa shape index (κ1) is 26.7. The summed E-state index contributed by atoms with van der Waals surface area (Å²) < 4.78 is 7.28. The van der Waals surface area contributed by atoms with Gasteiger partial charge in [0.25, 0.3) is 5.91 Å². The lowest BCUT2D eigenvalue weighted by Gasteiger charge is -2.30. The Kier molecular flexibility index (Phi) is 7.53. The lowest BCUT2D eigenvalue weighted by Crippen LogP contribution is -2.44. The first-order chi connectivity index (χ1) is 20.0. The Morgan fingerprint density at radius 2 is 1.90 bits per heavy atom. The highest BCUT2D eigenvalue weighted by Gasteiger charge is 2.23. The third-order valence-electron chi connectivity index (χ3n) is 7.63. The molecule has 2 aliphatic heterocycles. The summed E-state index contributed by atoms with van der Waals surface area (Å²) >= 11 is 0. The maximum atomic E-state index is 12.9. The van der Waals surface area contributed by atoms with E-state index in [-0.39, 0.29) is 11.9 Å². The molecule has 2 aliphatic rings. The zero-order valence-corrected chi connectivity index (χ0v) is 22.9. The molecule has 11 nitrogen and oxygen atoms in total. The molecule has 5 heterocycles. The van der Waals surface area contributed by atoms with Gasteiger partial charge in [-0.25, -0.2) is 14.8 Å². The SMILES string of the molecule is Cc1c(NC(=O)N2CCCC(O)C2)cccc1-c1cc(Nc2ccc(C(=O)N3CCOCC3)cn2)c2nccn2c1. The number of benzene rings is 1. The molecule has 1 atom stereocenters. The highest BCUT2D eigenvalue weighted by molar-refractivity contribution is 5.94. The molecule has 11 heteroatoms. The van der Waals surface area contributed by atoms with E-state index in [0.717, 1.165) is 46.6 Å². The number of morpholine rings is 1. The Balaban J connectivity index is 1.24. The van der Waals surface area contributed by atoms with Crippen molar-refractivity contribution >= 4 is 34.8 Å². The maximum absolute atomic E-state index is 12.9. The molecule has 1 aromatic carbocycles. The van der Waals surface area contributed by atoms with Crippen molar-refractivity contribution in [2.45, 2.75) is 25.9 Å². The number of carbonyl (C=O) groups is 2. The van der Waals surface area contributed by atoms with Crippen LogP contribution < -0.4 is 10.6 Å². The molecule has 1 unspecified atom stereocenters. The van der Waals surface area contributed by atoms with Gasteiger partial charge in [-0.2, -0.15) is 0 Å². The number of aromatic nitrogens is 3. The molecular weight excluding hydrogens is 522 g/mol. The summed E-state index contributed by atoms with van der Waals surface area (Å²) in [5.74, 6) is 0.538. The number of aliphatic hydroxyl groups is 1. The zero-order chi connectivity index (χ0) is 28.3. The second-order valence-electron chi connectivity index (χ2n) is 10.4. The van der Waals surface area contributed by atoms with Crippen LogP contribution >= 0.6 is 0 Å². The number of pyridine rings is 2. The van der Waals surface area contributed by atoms with Crippen LogP contribution in [0.25, 0.3) is 16.8 Å². The van der Waals surface area contributed by atoms with Gasteiger partial charge in [0.1, 0.15) is 5.82 Å². The minimum Gasteiger partial charge on any atom is -0.391 e. The van der Waals surface area contributed by atoms with Gasteiger partial charge < -0.3 is 34.7 Å². The summed E-state index contributed by atoms with van der Waals surface area (Å²) in [6, 6.07) is 11.2. The van der Waals surface area contributed by atoms with Crippen LogP contribution in [0.4, 0.5) is 22.0 Å². The van der Waals surface area contributed by atoms with Crippen molar-refractivity contribution in [2.24, 2.45) is 0 Å². The second-order valence-corrected chi connectivity index (χ2v) is 10.4. The third kappa shape index (κ3) is 5.72. The molecule has 0 bridgehead atoms. The summed E-state index contributed by atoms with van der Waals surface area (Å²) in [6.07, 6.45) is 8.23. The maximum Gasteiger partial charge on any atom is 0.321 e. The van der Waals surface area contributed by atoms with Crippen molar-refractivity contribution in [3.8, 4) is 11.1 Å². The van der Waals surface area contributed by atoms with E-state index in [9.17, 15) is 14.7 Å². The van der Waals surface area contributed by atoms with Gasteiger partial charge >= 0.3 is 6.03 Å². The number of likely N-dealkylation sites (tertiary alicyclic amines) is 1. The fourth-order valence-electron chi connectivity index (χ4n) is 5.37. The van der Waals surface area contributed by atoms with Crippen molar-refractivity contribution in [1.29, 1.82) is 0 Å². The Morgan fingerprint density at radius 3 is 2.68 bits per heavy atom. The number of urea groups is 1. The fraction of sp³-hybridized carbons (Fsp3) is 0.333. The smallest absolute Gasteiger partial charge is 0.321 e. The summed E-state index contributed by atoms with van der Waals surface area (Å²) in [7, 11) is 0. The van der Waals surface area contributed by atoms with Gasteiger partial charge in [0, 0.05) is 62.2 Å². The molecule has 0 aliphatic carbocycles. The van der Waals surface area contributed by atoms with Gasteiger partial charge in [0.15, 0.2) is 5.65 Å². The molecule has 6 rings (SSSR count). The minimum atomic E-state index is -0.481. The number of β-amino-alcohol motifs (C(OH)–C–C–N with tert-alkyl or cyclic N) is 1. The molecule has 41 heavy (non-hydrogen) atoms. The molecule has 0 saturated carbocycles. The van der Waals surface area contributed by atoms with Crippen LogP contribution in [-0.4, -0.2) is 86.7 Å². The normalized spacial score (nSPS) is 17.5. The van der Waals surface area contributed by atoms with Gasteiger partial charge in [-0.1, -0.05) is 12.1 Å². The van der Waals surface area contributed by atoms with Crippen LogP contribution in [0.2, 0.25) is 0 Å². The van der Waals surface area contributed by atoms with E-state index >= 15 is 0 Å². The molecule has 2 fully saturated rings. The summed E-state index contributed by atoms with van der Waals surface area (Å²) in [5, 5.41) is 16.4. The number of anilines is 3. The molecule has 3 N–H and O–H groups in total. The molecule has 2 saturated heterocycles. The Morgan fingerprint density at radius 1 is 1.05 bits per heavy atom. The highest BCUT2D eigenvalue weighted by atomic mass is 16.5. The van der Waals surface area contributed by atoms with Gasteiger partial charge in [-0.3, -0.25) is 4.79 Å². The van der Waals surface area contributed by atoms with Crippen LogP contribution in [0, 0.1) is 6.92 Å². The predicted molar refractivity (Wildman–Crippen MR) is 155 cm³/mol. The number of nitrogens with zero attached hydrogens (tertiary/aromatic N) is 5. The number of fused-ring (bicyclic) bond motifs is 1. The topological polar surface area (TPSA) is 124 Å². The van der Waals surface area contributed by atoms with Crippen molar-refractivity contribution in [3.05, 3.63) is 72.3 Å². The molecule has 4 aromatic rings. The van der Waals surface area contributed by atoms with E-state index in [1.807, 2.05) is 48.0 Å². The molecule has 212 valence electrons. The standard InChI is InChI=1S/C30H33N7O4/c1-20-24(5-2-6-25(20)34-30(40)37-10-3-4-23(38)19-37)22-16-26(28-31-9-11-36(28)18-22)33-27-8-7-21(17-32-27)29(39)35-12-14-41-15-13-35/h2,5-9,11,16-18,23,38H,3-4,10,12-15,19H2,1H3,(H,32,33)(H,34,40). The second kappa shape index (κ2) is 11.6. The zero-order valence-electron chi connectivity index (χ0n) is 22.9. The summed E-state index contributed by atoms with van der Waals surface area (Å²) in [4.78, 5) is 38.2. The quantitative estimate of drug-likeness (QED) is 0.341. The number of hydrogen-bond donors (Lipinski definition) is 3. The number of imidazole rings is 1. The number of rotatable bonds is 5. The first-order valence-corrected chi connectivity index (χ1v) is 13.9. The highest BCUT2D eigenvalue weighted by Crippen LogP contribution is 2.32. The third-order valence-corrected chi connectivity index (χ3v) is 7.63. The Labute approximate surface area is 237 Å². The molecule has 3 aromatic heterocycles. The van der Waals surface area contributed by atoms with Crippen molar-refractivity contribution in [2.75, 3.05) is 50.0 Å². The van der Waals surface area contributed by atoms with Gasteiger partial charge in [0.05, 0.1) is 30.6 Å². The van der Waals surface area contributed by atoms with Crippen LogP contribution in [0.5, 0.6) is 0 Å². The van der Waals surface area contributed by atoms with Crippen LogP contribution in [-0.2, 0) is 4.74 Å². The Bertz CT molecular complexity index is 1560. The van der Waals surface area contributed by atoms with Gasteiger partial charge in [0.2, 0.25) is 0 Å². The van der Waals surface area contributed by atoms with Crippen LogP contribution in [0.3, 0.4) is 0 Å². The minimum absolute atomic E-state index is 0.0519. The summed E-state index contributed by atoms with van der Waals surface area (Å²) in [6.45, 7) is 5.20. The lowest BCUT2D eigenvalue weighted by atomic mass is 10.00. The van der Waals surface area contributed by atoms with Crippen LogP contribution in [0.15, 0.2) is 61.2 Å². The average Bonchev–Trinajstić information content (AvgIpc) is 3.48. The lowest BCUT2D eigenvalue weighted by molar-refractivity contribution is 0.0302. The van der Waals surface area contributed by atoms with E-state index in [2.05, 4.69) is 20.6 Å².